The fourth-order valence-corrected chi connectivity index (χ4v) is 2.82. The molecule has 21 heavy (non-hydrogen) atoms. The number of hydrogen-bond donors (Lipinski definition) is 1. The average Bonchev–Trinajstić information content (AvgIpc) is 3.24. The number of hydrogen-bond acceptors (Lipinski definition) is 6. The van der Waals surface area contributed by atoms with Crippen LogP contribution in [0.25, 0.3) is 10.7 Å². The van der Waals surface area contributed by atoms with Crippen molar-refractivity contribution in [2.24, 2.45) is 5.92 Å². The van der Waals surface area contributed by atoms with Crippen molar-refractivity contribution in [3.05, 3.63) is 23.4 Å². The van der Waals surface area contributed by atoms with Crippen LogP contribution in [0.4, 0.5) is 0 Å². The fraction of sp³-hybridized carbons (Fsp3) is 0.500. The van der Waals surface area contributed by atoms with Crippen LogP contribution in [0.15, 0.2) is 22.0 Å². The topological polar surface area (TPSA) is 77.2 Å². The molecule has 1 amide bonds. The fourth-order valence-electron chi connectivity index (χ4n) is 2.17. The molecule has 1 atom stereocenters. The van der Waals surface area contributed by atoms with Crippen molar-refractivity contribution in [3.63, 3.8) is 0 Å². The summed E-state index contributed by atoms with van der Waals surface area (Å²) in [6.07, 6.45) is 1.85. The lowest BCUT2D eigenvalue weighted by molar-refractivity contribution is -0.121. The first-order chi connectivity index (χ1) is 10.3. The van der Waals surface area contributed by atoms with Gasteiger partial charge in [-0.1, -0.05) is 11.2 Å². The number of ether oxygens (including phenoxy) is 1. The zero-order chi connectivity index (χ0) is 14.5. The Labute approximate surface area is 126 Å². The Morgan fingerprint density at radius 1 is 1.52 bits per heavy atom. The standard InChI is InChI=1S/C14H17N3O3S/c18-12(15-8-10-5-6-19-9-10)3-4-13-16-14(17-20-13)11-2-1-7-21-11/h1-2,7,10H,3-6,8-9H2,(H,15,18)/t10-/m1/s1. The van der Waals surface area contributed by atoms with Crippen LogP contribution in [-0.2, 0) is 16.0 Å². The van der Waals surface area contributed by atoms with E-state index in [9.17, 15) is 4.79 Å². The Kier molecular flexibility index (Phi) is 4.62. The average molecular weight is 307 g/mol. The minimum absolute atomic E-state index is 0.0118. The van der Waals surface area contributed by atoms with Crippen LogP contribution >= 0.6 is 11.3 Å². The number of carbonyl (C=O) groups excluding carboxylic acids is 1. The second-order valence-corrected chi connectivity index (χ2v) is 5.97. The lowest BCUT2D eigenvalue weighted by Gasteiger charge is -2.08. The van der Waals surface area contributed by atoms with Crippen molar-refractivity contribution >= 4 is 17.2 Å². The molecule has 0 aromatic carbocycles. The summed E-state index contributed by atoms with van der Waals surface area (Å²) in [6, 6.07) is 3.88. The Bertz CT molecular complexity index is 576. The smallest absolute Gasteiger partial charge is 0.227 e. The van der Waals surface area contributed by atoms with Gasteiger partial charge in [-0.05, 0) is 17.9 Å². The SMILES string of the molecule is O=C(CCc1nc(-c2cccs2)no1)NC[C@H]1CCOC1. The number of rotatable bonds is 6. The van der Waals surface area contributed by atoms with Gasteiger partial charge < -0.3 is 14.6 Å². The number of aryl methyl sites for hydroxylation is 1. The summed E-state index contributed by atoms with van der Waals surface area (Å²) >= 11 is 1.56. The molecule has 6 nitrogen and oxygen atoms in total. The van der Waals surface area contributed by atoms with Gasteiger partial charge in [0.2, 0.25) is 17.6 Å². The van der Waals surface area contributed by atoms with Crippen molar-refractivity contribution in [2.45, 2.75) is 19.3 Å². The zero-order valence-electron chi connectivity index (χ0n) is 11.6. The van der Waals surface area contributed by atoms with Crippen LogP contribution in [-0.4, -0.2) is 35.8 Å². The van der Waals surface area contributed by atoms with Gasteiger partial charge >= 0.3 is 0 Å². The minimum Gasteiger partial charge on any atom is -0.381 e. The molecule has 3 rings (SSSR count). The van der Waals surface area contributed by atoms with Crippen molar-refractivity contribution in [1.82, 2.24) is 15.5 Å². The highest BCUT2D eigenvalue weighted by Crippen LogP contribution is 2.21. The molecule has 2 aromatic rings. The molecule has 0 radical (unpaired) electrons. The van der Waals surface area contributed by atoms with Crippen LogP contribution in [0.2, 0.25) is 0 Å². The van der Waals surface area contributed by atoms with Gasteiger partial charge in [-0.3, -0.25) is 4.79 Å². The van der Waals surface area contributed by atoms with Crippen molar-refractivity contribution in [3.8, 4) is 10.7 Å². The van der Waals surface area contributed by atoms with E-state index in [4.69, 9.17) is 9.26 Å². The Morgan fingerprint density at radius 3 is 3.24 bits per heavy atom. The maximum Gasteiger partial charge on any atom is 0.227 e. The molecular formula is C14H17N3O3S. The number of thiophene rings is 1. The van der Waals surface area contributed by atoms with Gasteiger partial charge in [-0.15, -0.1) is 11.3 Å². The molecule has 0 unspecified atom stereocenters. The van der Waals surface area contributed by atoms with E-state index >= 15 is 0 Å². The first-order valence-corrected chi connectivity index (χ1v) is 7.90. The van der Waals surface area contributed by atoms with E-state index in [1.807, 2.05) is 17.5 Å². The number of amides is 1. The zero-order valence-corrected chi connectivity index (χ0v) is 12.4. The second-order valence-electron chi connectivity index (χ2n) is 5.02. The van der Waals surface area contributed by atoms with E-state index in [-0.39, 0.29) is 5.91 Å². The molecule has 1 N–H and O–H groups in total. The molecule has 0 saturated carbocycles. The van der Waals surface area contributed by atoms with Gasteiger partial charge in [0.15, 0.2) is 0 Å². The molecule has 1 fully saturated rings. The largest absolute Gasteiger partial charge is 0.381 e. The lowest BCUT2D eigenvalue weighted by Crippen LogP contribution is -2.29. The Morgan fingerprint density at radius 2 is 2.48 bits per heavy atom. The molecule has 3 heterocycles. The van der Waals surface area contributed by atoms with E-state index in [2.05, 4.69) is 15.5 Å². The normalized spacial score (nSPS) is 18.0. The Hall–Kier alpha value is -1.73. The third kappa shape index (κ3) is 3.89. The highest BCUT2D eigenvalue weighted by molar-refractivity contribution is 7.13. The quantitative estimate of drug-likeness (QED) is 0.881. The molecule has 7 heteroatoms. The van der Waals surface area contributed by atoms with E-state index < -0.39 is 0 Å². The first-order valence-electron chi connectivity index (χ1n) is 7.02. The third-order valence-electron chi connectivity index (χ3n) is 3.39. The van der Waals surface area contributed by atoms with E-state index in [1.54, 1.807) is 11.3 Å². The summed E-state index contributed by atoms with van der Waals surface area (Å²) in [5.74, 6) is 1.54. The summed E-state index contributed by atoms with van der Waals surface area (Å²) < 4.78 is 10.4. The number of nitrogens with zero attached hydrogens (tertiary/aromatic N) is 2. The van der Waals surface area contributed by atoms with Crippen LogP contribution in [0.1, 0.15) is 18.7 Å². The number of carbonyl (C=O) groups is 1. The summed E-state index contributed by atoms with van der Waals surface area (Å²) in [6.45, 7) is 2.23. The summed E-state index contributed by atoms with van der Waals surface area (Å²) in [4.78, 5) is 17.0. The van der Waals surface area contributed by atoms with Crippen LogP contribution in [0, 0.1) is 5.92 Å². The summed E-state index contributed by atoms with van der Waals surface area (Å²) in [5.41, 5.74) is 0. The highest BCUT2D eigenvalue weighted by Gasteiger charge is 2.16. The minimum atomic E-state index is 0.0118. The molecule has 112 valence electrons. The van der Waals surface area contributed by atoms with Crippen LogP contribution in [0.5, 0.6) is 0 Å². The van der Waals surface area contributed by atoms with Crippen LogP contribution in [0.3, 0.4) is 0 Å². The van der Waals surface area contributed by atoms with Gasteiger partial charge in [-0.25, -0.2) is 0 Å². The molecule has 1 aliphatic heterocycles. The van der Waals surface area contributed by atoms with E-state index in [1.165, 1.54) is 0 Å². The molecule has 0 spiro atoms. The van der Waals surface area contributed by atoms with E-state index in [0.29, 0.717) is 37.0 Å². The summed E-state index contributed by atoms with van der Waals surface area (Å²) in [7, 11) is 0. The van der Waals surface area contributed by atoms with Gasteiger partial charge in [0.25, 0.3) is 0 Å². The monoisotopic (exact) mass is 307 g/mol. The van der Waals surface area contributed by atoms with Crippen LogP contribution < -0.4 is 5.32 Å². The predicted molar refractivity (Wildman–Crippen MR) is 77.9 cm³/mol. The molecule has 0 bridgehead atoms. The Balaban J connectivity index is 1.43. The predicted octanol–water partition coefficient (Wildman–Crippen LogP) is 1.88. The van der Waals surface area contributed by atoms with Crippen molar-refractivity contribution in [2.75, 3.05) is 19.8 Å². The molecule has 1 aliphatic rings. The van der Waals surface area contributed by atoms with Crippen molar-refractivity contribution in [1.29, 1.82) is 0 Å². The lowest BCUT2D eigenvalue weighted by atomic mass is 10.1. The van der Waals surface area contributed by atoms with Gasteiger partial charge in [0.05, 0.1) is 11.5 Å². The molecule has 0 aliphatic carbocycles. The van der Waals surface area contributed by atoms with Crippen molar-refractivity contribution < 1.29 is 14.1 Å². The third-order valence-corrected chi connectivity index (χ3v) is 4.25. The maximum atomic E-state index is 11.8. The van der Waals surface area contributed by atoms with Gasteiger partial charge in [-0.2, -0.15) is 4.98 Å². The first kappa shape index (κ1) is 14.2. The molecule has 1 saturated heterocycles. The number of nitrogens with one attached hydrogen (secondary N) is 1. The summed E-state index contributed by atoms with van der Waals surface area (Å²) in [5, 5.41) is 8.81. The number of aromatic nitrogens is 2. The maximum absolute atomic E-state index is 11.8. The molecule has 2 aromatic heterocycles. The second kappa shape index (κ2) is 6.82. The van der Waals surface area contributed by atoms with Gasteiger partial charge in [0.1, 0.15) is 0 Å². The highest BCUT2D eigenvalue weighted by atomic mass is 32.1. The molecular weight excluding hydrogens is 290 g/mol. The van der Waals surface area contributed by atoms with E-state index in [0.717, 1.165) is 24.5 Å². The van der Waals surface area contributed by atoms with Gasteiger partial charge in [0, 0.05) is 31.9 Å².